The van der Waals surface area contributed by atoms with Crippen LogP contribution in [-0.4, -0.2) is 33.6 Å². The zero-order valence-corrected chi connectivity index (χ0v) is 14.6. The second kappa shape index (κ2) is 7.59. The molecule has 1 amide bonds. The van der Waals surface area contributed by atoms with E-state index >= 15 is 0 Å². The third kappa shape index (κ3) is 5.79. The van der Waals surface area contributed by atoms with Crippen LogP contribution in [-0.2, 0) is 18.1 Å². The molecule has 0 aromatic carbocycles. The summed E-state index contributed by atoms with van der Waals surface area (Å²) in [5.41, 5.74) is 0. The third-order valence-electron chi connectivity index (χ3n) is 2.38. The van der Waals surface area contributed by atoms with Crippen LogP contribution >= 0.6 is 15.9 Å². The average molecular weight is 342 g/mol. The van der Waals surface area contributed by atoms with E-state index in [1.165, 1.54) is 14.2 Å². The van der Waals surface area contributed by atoms with Crippen LogP contribution in [0.4, 0.5) is 0 Å². The van der Waals surface area contributed by atoms with Gasteiger partial charge >= 0.3 is 8.97 Å². The van der Waals surface area contributed by atoms with Crippen LogP contribution < -0.4 is 4.98 Å². The van der Waals surface area contributed by atoms with E-state index in [9.17, 15) is 4.79 Å². The molecule has 0 heterocycles. The Kier molecular flexibility index (Phi) is 7.61. The minimum Gasteiger partial charge on any atom is -0.360 e. The Hall–Kier alpha value is 0.0469. The van der Waals surface area contributed by atoms with Crippen molar-refractivity contribution in [3.63, 3.8) is 0 Å². The summed E-state index contributed by atoms with van der Waals surface area (Å²) in [4.78, 5) is 14.5. The Bertz CT molecular complexity index is 270. The first-order valence-electron chi connectivity index (χ1n) is 6.03. The van der Waals surface area contributed by atoms with Crippen molar-refractivity contribution < 1.29 is 18.1 Å². The molecule has 0 aliphatic heterocycles. The van der Waals surface area contributed by atoms with E-state index in [0.717, 1.165) is 12.8 Å². The van der Waals surface area contributed by atoms with Crippen LogP contribution in [0.5, 0.6) is 0 Å². The molecular formula is C11H24BrNO4Si. The van der Waals surface area contributed by atoms with Crippen LogP contribution in [0.1, 0.15) is 40.5 Å². The topological polar surface area (TPSA) is 56.8 Å². The number of alkyl halides is 1. The van der Waals surface area contributed by atoms with Gasteiger partial charge in [0.15, 0.2) is 0 Å². The van der Waals surface area contributed by atoms with Crippen molar-refractivity contribution in [1.82, 2.24) is 4.98 Å². The van der Waals surface area contributed by atoms with Crippen molar-refractivity contribution in [1.29, 1.82) is 0 Å². The Balaban J connectivity index is 4.86. The predicted molar refractivity (Wildman–Crippen MR) is 76.1 cm³/mol. The first-order chi connectivity index (χ1) is 8.22. The highest BCUT2D eigenvalue weighted by Crippen LogP contribution is 2.28. The molecule has 7 heteroatoms. The number of nitrogens with one attached hydrogen (secondary N) is 1. The molecule has 0 rings (SSSR count). The van der Waals surface area contributed by atoms with Crippen LogP contribution in [0.3, 0.4) is 0 Å². The summed E-state index contributed by atoms with van der Waals surface area (Å²) >= 11 is 3.49. The van der Waals surface area contributed by atoms with Crippen molar-refractivity contribution in [2.75, 3.05) is 14.2 Å². The molecule has 0 saturated heterocycles. The van der Waals surface area contributed by atoms with Gasteiger partial charge in [-0.05, 0) is 13.3 Å². The van der Waals surface area contributed by atoms with E-state index in [1.807, 2.05) is 6.92 Å². The van der Waals surface area contributed by atoms with Crippen LogP contribution in [0.25, 0.3) is 0 Å². The fourth-order valence-electron chi connectivity index (χ4n) is 1.37. The minimum absolute atomic E-state index is 0.148. The SMILES string of the molecule is CCCC(C)(Br)O[Si](NC(=O)C(C)C)(OC)OC. The van der Waals surface area contributed by atoms with E-state index in [0.29, 0.717) is 0 Å². The van der Waals surface area contributed by atoms with Crippen LogP contribution in [0.2, 0.25) is 0 Å². The third-order valence-corrected chi connectivity index (χ3v) is 5.59. The molecule has 0 radical (unpaired) electrons. The highest BCUT2D eigenvalue weighted by molar-refractivity contribution is 9.10. The first kappa shape index (κ1) is 18.0. The van der Waals surface area contributed by atoms with E-state index < -0.39 is 13.5 Å². The zero-order valence-electron chi connectivity index (χ0n) is 12.0. The molecule has 5 nitrogen and oxygen atoms in total. The molecule has 1 unspecified atom stereocenters. The first-order valence-corrected chi connectivity index (χ1v) is 8.55. The molecule has 0 aliphatic carbocycles. The lowest BCUT2D eigenvalue weighted by Crippen LogP contribution is -2.63. The standard InChI is InChI=1S/C11H24BrNO4Si/c1-7-8-11(4,12)17-18(15-5,16-6)13-10(14)9(2)3/h9H,7-8H2,1-6H3,(H,13,14). The number of carbonyl (C=O) groups is 1. The molecule has 0 saturated carbocycles. The summed E-state index contributed by atoms with van der Waals surface area (Å²) in [5.74, 6) is -0.302. The molecule has 1 atom stereocenters. The molecule has 0 bridgehead atoms. The van der Waals surface area contributed by atoms with Gasteiger partial charge in [-0.2, -0.15) is 0 Å². The molecule has 0 aromatic rings. The molecule has 1 N–H and O–H groups in total. The number of amides is 1. The maximum Gasteiger partial charge on any atom is 0.633 e. The van der Waals surface area contributed by atoms with Gasteiger partial charge in [-0.15, -0.1) is 0 Å². The quantitative estimate of drug-likeness (QED) is 0.544. The van der Waals surface area contributed by atoms with Gasteiger partial charge in [0.2, 0.25) is 5.91 Å². The van der Waals surface area contributed by atoms with E-state index in [1.54, 1.807) is 13.8 Å². The number of rotatable bonds is 8. The smallest absolute Gasteiger partial charge is 0.360 e. The molecule has 0 fully saturated rings. The van der Waals surface area contributed by atoms with Crippen molar-refractivity contribution in [2.24, 2.45) is 5.92 Å². The van der Waals surface area contributed by atoms with Gasteiger partial charge in [0.1, 0.15) is 4.51 Å². The Labute approximate surface area is 119 Å². The molecular weight excluding hydrogens is 318 g/mol. The van der Waals surface area contributed by atoms with Crippen molar-refractivity contribution in [3.8, 4) is 0 Å². The fourth-order valence-corrected chi connectivity index (χ4v) is 4.24. The van der Waals surface area contributed by atoms with Gasteiger partial charge < -0.3 is 18.3 Å². The lowest BCUT2D eigenvalue weighted by Gasteiger charge is -2.34. The maximum absolute atomic E-state index is 11.8. The van der Waals surface area contributed by atoms with Gasteiger partial charge in [-0.1, -0.05) is 43.1 Å². The highest BCUT2D eigenvalue weighted by Gasteiger charge is 2.48. The summed E-state index contributed by atoms with van der Waals surface area (Å²) in [6.45, 7) is 7.55. The fraction of sp³-hybridized carbons (Fsp3) is 0.909. The Morgan fingerprint density at radius 2 is 1.89 bits per heavy atom. The van der Waals surface area contributed by atoms with E-state index in [-0.39, 0.29) is 11.8 Å². The van der Waals surface area contributed by atoms with Crippen molar-refractivity contribution >= 4 is 30.8 Å². The monoisotopic (exact) mass is 341 g/mol. The Morgan fingerprint density at radius 1 is 1.39 bits per heavy atom. The van der Waals surface area contributed by atoms with Gasteiger partial charge in [0, 0.05) is 20.1 Å². The normalized spacial score (nSPS) is 15.6. The minimum atomic E-state index is -3.19. The van der Waals surface area contributed by atoms with E-state index in [2.05, 4.69) is 27.8 Å². The van der Waals surface area contributed by atoms with Gasteiger partial charge in [0.25, 0.3) is 0 Å². The Morgan fingerprint density at radius 3 is 2.22 bits per heavy atom. The van der Waals surface area contributed by atoms with E-state index in [4.69, 9.17) is 13.3 Å². The largest absolute Gasteiger partial charge is 0.633 e. The van der Waals surface area contributed by atoms with Crippen LogP contribution in [0.15, 0.2) is 0 Å². The summed E-state index contributed by atoms with van der Waals surface area (Å²) in [6.07, 6.45) is 1.73. The van der Waals surface area contributed by atoms with Gasteiger partial charge in [-0.25, -0.2) is 0 Å². The maximum atomic E-state index is 11.8. The highest BCUT2D eigenvalue weighted by atomic mass is 79.9. The second-order valence-corrected chi connectivity index (χ2v) is 8.62. The number of carbonyl (C=O) groups excluding carboxylic acids is 1. The van der Waals surface area contributed by atoms with Gasteiger partial charge in [0.05, 0.1) is 0 Å². The summed E-state index contributed by atoms with van der Waals surface area (Å²) in [7, 11) is -0.233. The average Bonchev–Trinajstić information content (AvgIpc) is 2.27. The number of hydrogen-bond acceptors (Lipinski definition) is 4. The van der Waals surface area contributed by atoms with Crippen molar-refractivity contribution in [3.05, 3.63) is 0 Å². The molecule has 0 aromatic heterocycles. The number of halogens is 1. The second-order valence-electron chi connectivity index (χ2n) is 4.56. The van der Waals surface area contributed by atoms with Gasteiger partial charge in [-0.3, -0.25) is 4.79 Å². The summed E-state index contributed by atoms with van der Waals surface area (Å²) < 4.78 is 15.9. The summed E-state index contributed by atoms with van der Waals surface area (Å²) in [6, 6.07) is 0. The lowest BCUT2D eigenvalue weighted by molar-refractivity contribution is -0.124. The lowest BCUT2D eigenvalue weighted by atomic mass is 10.2. The zero-order chi connectivity index (χ0) is 14.4. The molecule has 108 valence electrons. The van der Waals surface area contributed by atoms with Crippen LogP contribution in [0, 0.1) is 5.92 Å². The summed E-state index contributed by atoms with van der Waals surface area (Å²) in [5, 5.41) is 0. The molecule has 18 heavy (non-hydrogen) atoms. The predicted octanol–water partition coefficient (Wildman–Crippen LogP) is 2.41. The molecule has 0 spiro atoms. The van der Waals surface area contributed by atoms with Crippen molar-refractivity contribution in [2.45, 2.75) is 45.0 Å². The molecule has 0 aliphatic rings. The number of hydrogen-bond donors (Lipinski definition) is 1.